The lowest BCUT2D eigenvalue weighted by Gasteiger charge is -2.58. The predicted octanol–water partition coefficient (Wildman–Crippen LogP) is -1.69. The van der Waals surface area contributed by atoms with Gasteiger partial charge < -0.3 is 65.0 Å². The summed E-state index contributed by atoms with van der Waals surface area (Å²) in [6.45, 7) is 0. The van der Waals surface area contributed by atoms with Crippen LogP contribution in [0, 0.1) is 57.2 Å². The minimum absolute atomic E-state index is 0.0973. The molecule has 0 bridgehead atoms. The van der Waals surface area contributed by atoms with Gasteiger partial charge in [0, 0.05) is 24.0 Å². The Kier molecular flexibility index (Phi) is 11.2. The number of nitriles is 2. The molecule has 0 aliphatic heterocycles. The number of primary amides is 2. The Hall–Kier alpha value is -8.32. The summed E-state index contributed by atoms with van der Waals surface area (Å²) in [4.78, 5) is 84.4. The number of ketones is 4. The Morgan fingerprint density at radius 3 is 1.24 bits per heavy atom. The highest BCUT2D eigenvalue weighted by atomic mass is 16.3. The van der Waals surface area contributed by atoms with E-state index in [1.165, 1.54) is 62.3 Å². The molecule has 2 amide bonds. The molecule has 18 N–H and O–H groups in total. The number of rotatable bonds is 5. The molecule has 0 heterocycles. The Morgan fingerprint density at radius 2 is 0.944 bits per heavy atom. The number of hydrogen-bond acceptors (Lipinski definition) is 20. The minimum Gasteiger partial charge on any atom is -0.509 e. The zero-order valence-corrected chi connectivity index (χ0v) is 39.1. The Labute approximate surface area is 410 Å². The molecule has 2 saturated carbocycles. The summed E-state index contributed by atoms with van der Waals surface area (Å²) in [6, 6.07) is 5.57. The van der Waals surface area contributed by atoms with E-state index in [4.69, 9.17) is 34.4 Å². The lowest BCUT2D eigenvalue weighted by atomic mass is 9.47. The van der Waals surface area contributed by atoms with Gasteiger partial charge >= 0.3 is 0 Å². The molecule has 0 radical (unpaired) electrons. The number of fused-ring (bicyclic) bond motifs is 6. The third kappa shape index (κ3) is 6.12. The van der Waals surface area contributed by atoms with Gasteiger partial charge in [-0.3, -0.25) is 38.6 Å². The van der Waals surface area contributed by atoms with Gasteiger partial charge in [-0.25, -0.2) is 0 Å². The quantitative estimate of drug-likeness (QED) is 0.0903. The van der Waals surface area contributed by atoms with Crippen LogP contribution in [0.25, 0.3) is 11.5 Å². The fourth-order valence-corrected chi connectivity index (χ4v) is 12.3. The first-order chi connectivity index (χ1) is 33.5. The molecular weight excluding hydrogens is 933 g/mol. The summed E-state index contributed by atoms with van der Waals surface area (Å²) in [5.41, 5.74) is 21.8. The van der Waals surface area contributed by atoms with Crippen LogP contribution in [-0.4, -0.2) is 138 Å². The largest absolute Gasteiger partial charge is 0.509 e. The molecule has 8 rings (SSSR count). The molecule has 22 nitrogen and oxygen atoms in total. The van der Waals surface area contributed by atoms with Crippen LogP contribution in [0.15, 0.2) is 58.1 Å². The minimum atomic E-state index is -2.83. The molecule has 2 aromatic carbocycles. The van der Waals surface area contributed by atoms with E-state index in [0.717, 1.165) is 0 Å². The highest BCUT2D eigenvalue weighted by Crippen LogP contribution is 2.60. The molecule has 22 heteroatoms. The molecule has 370 valence electrons. The third-order valence-electron chi connectivity index (χ3n) is 15.1. The Morgan fingerprint density at radius 1 is 0.611 bits per heavy atom. The van der Waals surface area contributed by atoms with Crippen molar-refractivity contribution in [2.75, 3.05) is 28.2 Å². The van der Waals surface area contributed by atoms with E-state index in [1.807, 2.05) is 0 Å². The highest BCUT2D eigenvalue weighted by Gasteiger charge is 2.76. The third-order valence-corrected chi connectivity index (χ3v) is 15.1. The van der Waals surface area contributed by atoms with Gasteiger partial charge in [-0.15, -0.1) is 0 Å². The smallest absolute Gasteiger partial charge is 0.255 e. The van der Waals surface area contributed by atoms with Gasteiger partial charge in [0.1, 0.15) is 45.7 Å². The molecule has 6 aliphatic carbocycles. The number of aromatic hydroxyl groups is 2. The molecular formula is C50H48N10O12. The number of nitrogens with two attached hydrogens (primary N) is 6. The first kappa shape index (κ1) is 50.1. The first-order valence-corrected chi connectivity index (χ1v) is 22.1. The normalized spacial score (nSPS) is 31.4. The van der Waals surface area contributed by atoms with E-state index >= 15 is 0 Å². The van der Waals surface area contributed by atoms with Crippen LogP contribution in [0.3, 0.4) is 0 Å². The Bertz CT molecular complexity index is 3130. The molecule has 0 aromatic heterocycles. The second-order valence-electron chi connectivity index (χ2n) is 19.6. The fourth-order valence-electron chi connectivity index (χ4n) is 12.3. The van der Waals surface area contributed by atoms with E-state index in [0.29, 0.717) is 0 Å². The summed E-state index contributed by atoms with van der Waals surface area (Å²) in [5, 5.41) is 90.0. The summed E-state index contributed by atoms with van der Waals surface area (Å²) < 4.78 is 0. The van der Waals surface area contributed by atoms with E-state index in [-0.39, 0.29) is 59.1 Å². The monoisotopic (exact) mass is 980 g/mol. The number of aliphatic hydroxyl groups is 4. The number of benzene rings is 2. The van der Waals surface area contributed by atoms with Crippen LogP contribution >= 0.6 is 0 Å². The number of aliphatic hydroxyl groups excluding tert-OH is 4. The van der Waals surface area contributed by atoms with Gasteiger partial charge in [-0.1, -0.05) is 23.7 Å². The number of likely N-dealkylation sites (N-methyl/N-ethyl adjacent to an activating group) is 2. The van der Waals surface area contributed by atoms with E-state index in [2.05, 4.69) is 23.7 Å². The van der Waals surface area contributed by atoms with Crippen LogP contribution in [0.1, 0.15) is 59.1 Å². The molecule has 0 saturated heterocycles. The maximum atomic E-state index is 14.7. The van der Waals surface area contributed by atoms with Crippen molar-refractivity contribution in [3.05, 3.63) is 91.5 Å². The topological polar surface area (TPSA) is 434 Å². The number of phenols is 2. The molecule has 2 fully saturated rings. The molecule has 6 aliphatic rings. The number of carbonyl (C=O) groups excluding carboxylic acids is 6. The maximum absolute atomic E-state index is 14.7. The van der Waals surface area contributed by atoms with E-state index < -0.39 is 150 Å². The highest BCUT2D eigenvalue weighted by molar-refractivity contribution is 6.27. The zero-order valence-electron chi connectivity index (χ0n) is 39.1. The number of unbranched alkanes of at least 4 members (excludes halogenated alkanes) is 1. The second kappa shape index (κ2) is 16.1. The summed E-state index contributed by atoms with van der Waals surface area (Å²) in [7, 11) is 5.62. The Balaban J connectivity index is 1.13. The van der Waals surface area contributed by atoms with Gasteiger partial charge in [-0.2, -0.15) is 10.5 Å². The fraction of sp³-hybridized carbons (Fsp3) is 0.360. The molecule has 8 atom stereocenters. The van der Waals surface area contributed by atoms with Crippen LogP contribution in [0.4, 0.5) is 0 Å². The lowest BCUT2D eigenvalue weighted by Crippen LogP contribution is -2.80. The van der Waals surface area contributed by atoms with Crippen molar-refractivity contribution in [3.8, 4) is 47.3 Å². The van der Waals surface area contributed by atoms with Gasteiger partial charge in [0.2, 0.25) is 0 Å². The number of phenolic OH excluding ortho intramolecular Hbond substituents is 2. The van der Waals surface area contributed by atoms with Crippen LogP contribution in [-0.2, 0) is 41.6 Å². The number of Topliss-reactive ketones (excluding diaryl/α,β-unsaturated/α-hetero) is 4. The number of nitrogens with zero attached hydrogens (tertiary/aromatic N) is 4. The average molecular weight is 981 g/mol. The molecule has 0 unspecified atom stereocenters. The number of hydrogen-bond donors (Lipinski definition) is 12. The van der Waals surface area contributed by atoms with Crippen LogP contribution < -0.4 is 34.4 Å². The predicted molar refractivity (Wildman–Crippen MR) is 251 cm³/mol. The zero-order chi connectivity index (χ0) is 53.3. The van der Waals surface area contributed by atoms with Gasteiger partial charge in [0.25, 0.3) is 11.8 Å². The van der Waals surface area contributed by atoms with Crippen molar-refractivity contribution in [1.29, 1.82) is 10.5 Å². The molecule has 72 heavy (non-hydrogen) atoms. The summed E-state index contributed by atoms with van der Waals surface area (Å²) in [6.07, 6.45) is -1.61. The van der Waals surface area contributed by atoms with E-state index in [1.54, 1.807) is 12.1 Å². The van der Waals surface area contributed by atoms with Crippen LogP contribution in [0.2, 0.25) is 0 Å². The SMILES string of the molecule is CN(C)[C@@H]1C(=O)C(C(N)=O)=C(O)[C@@]2(C#N)C(=O)C3=C(O)c4c(O)ccc(C#CCCC#Cc5ccc(O)c6c5C[C@@]5(N)C[C@@]7(N)[C@H](N(C)C)C(=O)C(C(N)=O)=C(O)[C@@]7(C#N)C(=O)C5=C6O)c4C[C@@]3(N)C[C@@]12N. The van der Waals surface area contributed by atoms with Gasteiger partial charge in [-0.05, 0) is 89.3 Å². The summed E-state index contributed by atoms with van der Waals surface area (Å²) >= 11 is 0. The van der Waals surface area contributed by atoms with Crippen molar-refractivity contribution >= 4 is 46.5 Å². The second-order valence-corrected chi connectivity index (χ2v) is 19.6. The van der Waals surface area contributed by atoms with Crippen molar-refractivity contribution in [3.63, 3.8) is 0 Å². The summed E-state index contributed by atoms with van der Waals surface area (Å²) in [5.74, 6) is -0.886. The van der Waals surface area contributed by atoms with Gasteiger partial charge in [0.05, 0.1) is 68.7 Å². The van der Waals surface area contributed by atoms with E-state index in [9.17, 15) is 69.9 Å². The van der Waals surface area contributed by atoms with Crippen molar-refractivity contribution in [2.45, 2.75) is 72.8 Å². The number of carbonyl (C=O) groups is 6. The molecule has 2 aromatic rings. The van der Waals surface area contributed by atoms with Gasteiger partial charge in [0.15, 0.2) is 34.0 Å². The van der Waals surface area contributed by atoms with Crippen molar-refractivity contribution in [2.24, 2.45) is 45.2 Å². The average Bonchev–Trinajstić information content (AvgIpc) is 3.24. The first-order valence-electron chi connectivity index (χ1n) is 22.1. The lowest BCUT2D eigenvalue weighted by molar-refractivity contribution is -0.141. The van der Waals surface area contributed by atoms with Crippen molar-refractivity contribution in [1.82, 2.24) is 9.80 Å². The van der Waals surface area contributed by atoms with Crippen molar-refractivity contribution < 1.29 is 59.4 Å². The maximum Gasteiger partial charge on any atom is 0.255 e. The number of amides is 2. The van der Waals surface area contributed by atoms with Crippen LogP contribution in [0.5, 0.6) is 11.5 Å². The molecule has 0 spiro atoms. The standard InChI is InChI=1S/C50H48N10O12/c1-59(2)37-35(65)29(43(53)71)39(67)47(19-51)41(69)31-33(63)27-23(15-45(31,55)17-49(37,47)57)21(11-13-25(27)61)9-7-5-6-8-10-22-12-14-26(62)28-24(22)16-46(56)18-50(58)38(60(3)4)36(66)30(44(54)72)40(68)48(50,20-52)42(70)32(46)34(28)64/h11-14,37-38,61-64,67-68H,5-6,15-18,55-58H2,1-4H3,(H2,53,71)(H2,54,72)/t37-,38-,45-,46-,47+,48+,49-,50-/m1/s1.